The Balaban J connectivity index is 0.000000321. The molecule has 0 saturated carbocycles. The van der Waals surface area contributed by atoms with Crippen molar-refractivity contribution in [2.75, 3.05) is 13.1 Å². The van der Waals surface area contributed by atoms with Crippen LogP contribution in [-0.4, -0.2) is 62.0 Å². The van der Waals surface area contributed by atoms with Gasteiger partial charge in [0.25, 0.3) is 0 Å². The highest BCUT2D eigenvalue weighted by atomic mass is 19.4. The van der Waals surface area contributed by atoms with Crippen molar-refractivity contribution in [3.05, 3.63) is 42.4 Å². The Morgan fingerprint density at radius 1 is 1.41 bits per heavy atom. The summed E-state index contributed by atoms with van der Waals surface area (Å²) in [7, 11) is 0. The second-order valence-corrected chi connectivity index (χ2v) is 5.84. The molecule has 1 aliphatic heterocycles. The van der Waals surface area contributed by atoms with E-state index in [2.05, 4.69) is 27.2 Å². The Morgan fingerprint density at radius 3 is 2.63 bits per heavy atom. The van der Waals surface area contributed by atoms with Crippen molar-refractivity contribution in [3.8, 4) is 5.82 Å². The lowest BCUT2D eigenvalue weighted by Crippen LogP contribution is -2.52. The summed E-state index contributed by atoms with van der Waals surface area (Å²) < 4.78 is 33.5. The summed E-state index contributed by atoms with van der Waals surface area (Å²) in [5.74, 6) is -1.88. The average Bonchev–Trinajstić information content (AvgIpc) is 3.13. The summed E-state index contributed by atoms with van der Waals surface area (Å²) in [5, 5.41) is 14.1. The van der Waals surface area contributed by atoms with Gasteiger partial charge >= 0.3 is 12.1 Å². The van der Waals surface area contributed by atoms with Crippen LogP contribution < -0.4 is 5.32 Å². The summed E-state index contributed by atoms with van der Waals surface area (Å²) in [4.78, 5) is 26.9. The topological polar surface area (TPSA) is 100 Å². The van der Waals surface area contributed by atoms with E-state index < -0.39 is 12.1 Å². The predicted octanol–water partition coefficient (Wildman–Crippen LogP) is 1.22. The van der Waals surface area contributed by atoms with Crippen molar-refractivity contribution in [3.63, 3.8) is 0 Å². The van der Waals surface area contributed by atoms with Crippen LogP contribution in [0.1, 0.15) is 12.5 Å². The van der Waals surface area contributed by atoms with Crippen LogP contribution in [0.25, 0.3) is 5.82 Å². The van der Waals surface area contributed by atoms with Gasteiger partial charge in [0.2, 0.25) is 5.91 Å². The molecule has 2 aromatic heterocycles. The highest BCUT2D eigenvalue weighted by molar-refractivity contribution is 5.78. The maximum atomic E-state index is 11.4. The second kappa shape index (κ2) is 8.62. The van der Waals surface area contributed by atoms with E-state index in [0.29, 0.717) is 19.1 Å². The van der Waals surface area contributed by atoms with Gasteiger partial charge < -0.3 is 10.4 Å². The van der Waals surface area contributed by atoms with Gasteiger partial charge in [0.15, 0.2) is 5.82 Å². The molecule has 146 valence electrons. The molecule has 2 N–H and O–H groups in total. The lowest BCUT2D eigenvalue weighted by Gasteiger charge is -2.32. The number of alkyl halides is 3. The molecule has 1 saturated heterocycles. The van der Waals surface area contributed by atoms with Crippen LogP contribution in [0, 0.1) is 0 Å². The minimum atomic E-state index is -5.08. The standard InChI is InChI=1S/C14H17N5O.C2HF3O2/c1-11-7-16-14(20)10-18(11)9-12-3-4-13(15-8-12)19-6-2-5-17-19;3-2(4,5)1(6)7/h2-6,8,11H,7,9-10H2,1H3,(H,16,20);(H,6,7). The molecule has 1 unspecified atom stereocenters. The second-order valence-electron chi connectivity index (χ2n) is 5.84. The van der Waals surface area contributed by atoms with E-state index in [-0.39, 0.29) is 5.91 Å². The normalized spacial score (nSPS) is 17.6. The summed E-state index contributed by atoms with van der Waals surface area (Å²) >= 11 is 0. The molecule has 1 amide bonds. The zero-order valence-corrected chi connectivity index (χ0v) is 14.3. The molecule has 27 heavy (non-hydrogen) atoms. The zero-order valence-electron chi connectivity index (χ0n) is 14.3. The molecule has 3 rings (SSSR count). The monoisotopic (exact) mass is 385 g/mol. The molecule has 0 bridgehead atoms. The van der Waals surface area contributed by atoms with Crippen molar-refractivity contribution in [2.45, 2.75) is 25.7 Å². The van der Waals surface area contributed by atoms with Crippen LogP contribution in [0.4, 0.5) is 13.2 Å². The Kier molecular flexibility index (Phi) is 6.50. The molecular weight excluding hydrogens is 367 g/mol. The summed E-state index contributed by atoms with van der Waals surface area (Å²) in [6.45, 7) is 4.01. The summed E-state index contributed by atoms with van der Waals surface area (Å²) in [6, 6.07) is 6.18. The number of carboxylic acids is 1. The summed E-state index contributed by atoms with van der Waals surface area (Å²) in [6.07, 6.45) is 0.346. The van der Waals surface area contributed by atoms with Gasteiger partial charge in [-0.25, -0.2) is 14.5 Å². The van der Waals surface area contributed by atoms with E-state index in [1.807, 2.05) is 30.6 Å². The van der Waals surface area contributed by atoms with E-state index >= 15 is 0 Å². The zero-order chi connectivity index (χ0) is 20.0. The first kappa shape index (κ1) is 20.4. The van der Waals surface area contributed by atoms with Crippen LogP contribution in [0.15, 0.2) is 36.8 Å². The number of aliphatic carboxylic acids is 1. The third kappa shape index (κ3) is 6.06. The van der Waals surface area contributed by atoms with Gasteiger partial charge in [0.05, 0.1) is 6.54 Å². The quantitative estimate of drug-likeness (QED) is 0.824. The Bertz CT molecular complexity index is 763. The molecule has 0 aliphatic carbocycles. The van der Waals surface area contributed by atoms with Gasteiger partial charge in [0.1, 0.15) is 0 Å². The third-order valence-corrected chi connectivity index (χ3v) is 3.74. The minimum absolute atomic E-state index is 0.0872. The van der Waals surface area contributed by atoms with E-state index in [1.165, 1.54) is 0 Å². The van der Waals surface area contributed by atoms with Gasteiger partial charge in [0, 0.05) is 37.7 Å². The van der Waals surface area contributed by atoms with Crippen LogP contribution in [0.2, 0.25) is 0 Å². The van der Waals surface area contributed by atoms with Crippen LogP contribution in [-0.2, 0) is 16.1 Å². The number of aromatic nitrogens is 3. The number of nitrogens with one attached hydrogen (secondary N) is 1. The Hall–Kier alpha value is -2.95. The molecule has 0 radical (unpaired) electrons. The SMILES string of the molecule is CC1CNC(=O)CN1Cc1ccc(-n2cccn2)nc1.O=C(O)C(F)(F)F. The number of pyridine rings is 1. The first-order chi connectivity index (χ1) is 12.7. The fraction of sp³-hybridized carbons (Fsp3) is 0.375. The molecule has 2 aromatic rings. The molecule has 1 atom stereocenters. The van der Waals surface area contributed by atoms with E-state index in [1.54, 1.807) is 10.9 Å². The summed E-state index contributed by atoms with van der Waals surface area (Å²) in [5.41, 5.74) is 1.10. The number of carbonyl (C=O) groups excluding carboxylic acids is 1. The highest BCUT2D eigenvalue weighted by Crippen LogP contribution is 2.13. The molecule has 1 aliphatic rings. The van der Waals surface area contributed by atoms with Crippen molar-refractivity contribution in [1.82, 2.24) is 25.0 Å². The number of carboxylic acid groups (broad SMARTS) is 1. The van der Waals surface area contributed by atoms with Crippen molar-refractivity contribution in [2.24, 2.45) is 0 Å². The predicted molar refractivity (Wildman–Crippen MR) is 87.9 cm³/mol. The number of amides is 1. The molecule has 1 fully saturated rings. The van der Waals surface area contributed by atoms with Gasteiger partial charge in [-0.1, -0.05) is 6.07 Å². The number of rotatable bonds is 3. The van der Waals surface area contributed by atoms with E-state index in [0.717, 1.165) is 17.9 Å². The van der Waals surface area contributed by atoms with E-state index in [4.69, 9.17) is 9.90 Å². The number of hydrogen-bond donors (Lipinski definition) is 2. The fourth-order valence-corrected chi connectivity index (χ4v) is 2.28. The molecule has 11 heteroatoms. The number of piperazine rings is 1. The number of halogens is 3. The maximum Gasteiger partial charge on any atom is 0.490 e. The third-order valence-electron chi connectivity index (χ3n) is 3.74. The minimum Gasteiger partial charge on any atom is -0.475 e. The first-order valence-corrected chi connectivity index (χ1v) is 7.92. The first-order valence-electron chi connectivity index (χ1n) is 7.92. The highest BCUT2D eigenvalue weighted by Gasteiger charge is 2.38. The molecule has 3 heterocycles. The average molecular weight is 385 g/mol. The molecular formula is C16H18F3N5O3. The Morgan fingerprint density at radius 2 is 2.11 bits per heavy atom. The van der Waals surface area contributed by atoms with E-state index in [9.17, 15) is 18.0 Å². The molecule has 0 spiro atoms. The smallest absolute Gasteiger partial charge is 0.475 e. The number of hydrogen-bond acceptors (Lipinski definition) is 5. The van der Waals surface area contributed by atoms with Gasteiger partial charge in [-0.05, 0) is 24.6 Å². The van der Waals surface area contributed by atoms with Crippen LogP contribution in [0.3, 0.4) is 0 Å². The van der Waals surface area contributed by atoms with Gasteiger partial charge in [-0.3, -0.25) is 9.69 Å². The Labute approximate surface area is 152 Å². The largest absolute Gasteiger partial charge is 0.490 e. The van der Waals surface area contributed by atoms with Gasteiger partial charge in [-0.2, -0.15) is 18.3 Å². The lowest BCUT2D eigenvalue weighted by atomic mass is 10.1. The molecule has 0 aromatic carbocycles. The van der Waals surface area contributed by atoms with Crippen molar-refractivity contribution >= 4 is 11.9 Å². The van der Waals surface area contributed by atoms with Gasteiger partial charge in [-0.15, -0.1) is 0 Å². The fourth-order valence-electron chi connectivity index (χ4n) is 2.28. The van der Waals surface area contributed by atoms with Crippen LogP contribution in [0.5, 0.6) is 0 Å². The molecule has 8 nitrogen and oxygen atoms in total. The maximum absolute atomic E-state index is 11.4. The van der Waals surface area contributed by atoms with Crippen molar-refractivity contribution < 1.29 is 27.9 Å². The number of carbonyl (C=O) groups is 2. The van der Waals surface area contributed by atoms with Crippen molar-refractivity contribution in [1.29, 1.82) is 0 Å². The lowest BCUT2D eigenvalue weighted by molar-refractivity contribution is -0.192. The van der Waals surface area contributed by atoms with Crippen LogP contribution >= 0.6 is 0 Å². The number of nitrogens with zero attached hydrogens (tertiary/aromatic N) is 4.